The summed E-state index contributed by atoms with van der Waals surface area (Å²) in [5.74, 6) is 1.62. The fraction of sp³-hybridized carbons (Fsp3) is 0.529. The fourth-order valence-electron chi connectivity index (χ4n) is 2.52. The number of amides is 2. The maximum atomic E-state index is 12.0. The highest BCUT2D eigenvalue weighted by Crippen LogP contribution is 2.19. The van der Waals surface area contributed by atoms with Crippen molar-refractivity contribution in [1.29, 1.82) is 0 Å². The van der Waals surface area contributed by atoms with Crippen molar-refractivity contribution in [3.8, 4) is 0 Å². The fourth-order valence-corrected chi connectivity index (χ4v) is 3.45. The molecule has 5 heteroatoms. The lowest BCUT2D eigenvalue weighted by atomic mass is 10.0. The van der Waals surface area contributed by atoms with Crippen molar-refractivity contribution in [3.63, 3.8) is 0 Å². The van der Waals surface area contributed by atoms with Crippen molar-refractivity contribution in [1.82, 2.24) is 10.6 Å². The average molecular weight is 320 g/mol. The van der Waals surface area contributed by atoms with E-state index in [-0.39, 0.29) is 17.9 Å². The summed E-state index contributed by atoms with van der Waals surface area (Å²) in [6.45, 7) is 2.88. The molecule has 1 saturated heterocycles. The van der Waals surface area contributed by atoms with Crippen LogP contribution in [0.3, 0.4) is 0 Å². The predicted octanol–water partition coefficient (Wildman–Crippen LogP) is 2.31. The quantitative estimate of drug-likeness (QED) is 0.845. The molecule has 22 heavy (non-hydrogen) atoms. The molecule has 1 fully saturated rings. The van der Waals surface area contributed by atoms with Gasteiger partial charge in [0.05, 0.1) is 5.75 Å². The minimum atomic E-state index is -0.359. The zero-order chi connectivity index (χ0) is 15.8. The molecule has 2 rings (SSSR count). The van der Waals surface area contributed by atoms with Crippen LogP contribution in [0.4, 0.5) is 0 Å². The van der Waals surface area contributed by atoms with E-state index in [2.05, 4.69) is 29.7 Å². The number of thioether (sulfide) groups is 1. The van der Waals surface area contributed by atoms with Crippen LogP contribution in [0.25, 0.3) is 0 Å². The molecule has 0 radical (unpaired) electrons. The number of hydrogen-bond donors (Lipinski definition) is 2. The van der Waals surface area contributed by atoms with Crippen LogP contribution in [0.5, 0.6) is 0 Å². The molecule has 4 nitrogen and oxygen atoms in total. The van der Waals surface area contributed by atoms with Crippen molar-refractivity contribution >= 4 is 23.6 Å². The van der Waals surface area contributed by atoms with Gasteiger partial charge in [0, 0.05) is 12.3 Å². The molecule has 1 aromatic carbocycles. The van der Waals surface area contributed by atoms with Crippen LogP contribution >= 0.6 is 11.8 Å². The summed E-state index contributed by atoms with van der Waals surface area (Å²) in [5, 5.41) is 5.69. The van der Waals surface area contributed by atoms with Crippen LogP contribution in [0.1, 0.15) is 37.7 Å². The van der Waals surface area contributed by atoms with Crippen molar-refractivity contribution in [2.45, 2.75) is 38.1 Å². The molecule has 1 aliphatic rings. The van der Waals surface area contributed by atoms with Crippen molar-refractivity contribution in [2.24, 2.45) is 0 Å². The highest BCUT2D eigenvalue weighted by Gasteiger charge is 2.22. The summed E-state index contributed by atoms with van der Waals surface area (Å²) in [7, 11) is 0. The number of carbonyl (C=O) groups excluding carboxylic acids is 2. The van der Waals surface area contributed by atoms with E-state index in [4.69, 9.17) is 0 Å². The summed E-state index contributed by atoms with van der Waals surface area (Å²) < 4.78 is 0. The second kappa shape index (κ2) is 8.83. The third kappa shape index (κ3) is 5.37. The number of hydrogen-bond acceptors (Lipinski definition) is 3. The van der Waals surface area contributed by atoms with Gasteiger partial charge in [-0.2, -0.15) is 11.8 Å². The molecule has 1 aliphatic heterocycles. The zero-order valence-corrected chi connectivity index (χ0v) is 13.8. The highest BCUT2D eigenvalue weighted by molar-refractivity contribution is 7.99. The van der Waals surface area contributed by atoms with Crippen LogP contribution in [0.15, 0.2) is 30.3 Å². The number of carbonyl (C=O) groups is 2. The van der Waals surface area contributed by atoms with Gasteiger partial charge in [-0.1, -0.05) is 37.3 Å². The Hall–Kier alpha value is -1.49. The second-order valence-electron chi connectivity index (χ2n) is 5.73. The number of benzene rings is 1. The lowest BCUT2D eigenvalue weighted by Gasteiger charge is -2.16. The summed E-state index contributed by atoms with van der Waals surface area (Å²) in [5.41, 5.74) is 1.29. The minimum Gasteiger partial charge on any atom is -0.354 e. The minimum absolute atomic E-state index is 0.0477. The largest absolute Gasteiger partial charge is 0.354 e. The summed E-state index contributed by atoms with van der Waals surface area (Å²) in [6.07, 6.45) is 2.70. The van der Waals surface area contributed by atoms with E-state index in [1.165, 1.54) is 5.56 Å². The monoisotopic (exact) mass is 320 g/mol. The topological polar surface area (TPSA) is 58.2 Å². The van der Waals surface area contributed by atoms with Gasteiger partial charge in [-0.25, -0.2) is 0 Å². The predicted molar refractivity (Wildman–Crippen MR) is 91.0 cm³/mol. The Balaban J connectivity index is 1.70. The first-order valence-corrected chi connectivity index (χ1v) is 9.02. The molecule has 0 aromatic heterocycles. The van der Waals surface area contributed by atoms with Gasteiger partial charge in [-0.3, -0.25) is 9.59 Å². The highest BCUT2D eigenvalue weighted by atomic mass is 32.2. The first-order valence-electron chi connectivity index (χ1n) is 7.86. The third-order valence-electron chi connectivity index (χ3n) is 3.84. The Morgan fingerprint density at radius 1 is 1.36 bits per heavy atom. The van der Waals surface area contributed by atoms with Crippen LogP contribution in [0.2, 0.25) is 0 Å². The first-order chi connectivity index (χ1) is 10.7. The normalized spacial score (nSPS) is 19.9. The molecule has 0 unspecified atom stereocenters. The van der Waals surface area contributed by atoms with Crippen LogP contribution in [-0.4, -0.2) is 35.9 Å². The molecule has 0 bridgehead atoms. The Morgan fingerprint density at radius 3 is 2.91 bits per heavy atom. The van der Waals surface area contributed by atoms with E-state index in [0.717, 1.165) is 25.0 Å². The van der Waals surface area contributed by atoms with E-state index < -0.39 is 0 Å². The van der Waals surface area contributed by atoms with Gasteiger partial charge in [-0.15, -0.1) is 0 Å². The standard InChI is InChI=1S/C17H24N2O2S/c1-13(14-7-3-2-4-8-14)11-22-12-16(20)19-15-9-5-6-10-18-17(15)21/h2-4,7-8,13,15H,5-6,9-12H2,1H3,(H,18,21)(H,19,20)/t13-,15+/m0/s1. The Morgan fingerprint density at radius 2 is 2.14 bits per heavy atom. The Kier molecular flexibility index (Phi) is 6.77. The maximum Gasteiger partial charge on any atom is 0.242 e. The molecule has 2 N–H and O–H groups in total. The third-order valence-corrected chi connectivity index (χ3v) is 5.04. The molecule has 2 amide bonds. The van der Waals surface area contributed by atoms with Gasteiger partial charge in [0.15, 0.2) is 0 Å². The Bertz CT molecular complexity index is 493. The number of nitrogens with one attached hydrogen (secondary N) is 2. The summed E-state index contributed by atoms with van der Waals surface area (Å²) in [4.78, 5) is 23.8. The zero-order valence-electron chi connectivity index (χ0n) is 13.0. The van der Waals surface area contributed by atoms with Crippen molar-refractivity contribution < 1.29 is 9.59 Å². The Labute approximate surface area is 136 Å². The van der Waals surface area contributed by atoms with Crippen LogP contribution in [0, 0.1) is 0 Å². The van der Waals surface area contributed by atoms with Gasteiger partial charge in [0.1, 0.15) is 6.04 Å². The van der Waals surface area contributed by atoms with Gasteiger partial charge >= 0.3 is 0 Å². The maximum absolute atomic E-state index is 12.0. The van der Waals surface area contributed by atoms with E-state index >= 15 is 0 Å². The van der Waals surface area contributed by atoms with Crippen LogP contribution < -0.4 is 10.6 Å². The van der Waals surface area contributed by atoms with Crippen molar-refractivity contribution in [3.05, 3.63) is 35.9 Å². The second-order valence-corrected chi connectivity index (χ2v) is 6.76. The molecule has 1 heterocycles. The van der Waals surface area contributed by atoms with Gasteiger partial charge in [0.25, 0.3) is 0 Å². The lowest BCUT2D eigenvalue weighted by Crippen LogP contribution is -2.46. The van der Waals surface area contributed by atoms with Gasteiger partial charge in [0.2, 0.25) is 11.8 Å². The molecule has 120 valence electrons. The molecule has 1 aromatic rings. The van der Waals surface area contributed by atoms with Crippen LogP contribution in [-0.2, 0) is 9.59 Å². The summed E-state index contributed by atoms with van der Waals surface area (Å²) >= 11 is 1.62. The van der Waals surface area contributed by atoms with Gasteiger partial charge in [-0.05, 0) is 30.7 Å². The molecular formula is C17H24N2O2S. The number of rotatable bonds is 6. The average Bonchev–Trinajstić information content (AvgIpc) is 2.73. The van der Waals surface area contributed by atoms with E-state index in [1.807, 2.05) is 18.2 Å². The molecule has 0 aliphatic carbocycles. The molecular weight excluding hydrogens is 296 g/mol. The SMILES string of the molecule is C[C@@H](CSCC(=O)N[C@@H]1CCCCNC1=O)c1ccccc1. The molecule has 2 atom stereocenters. The molecule has 0 spiro atoms. The van der Waals surface area contributed by atoms with E-state index in [0.29, 0.717) is 18.2 Å². The molecule has 0 saturated carbocycles. The smallest absolute Gasteiger partial charge is 0.242 e. The first kappa shape index (κ1) is 16.9. The van der Waals surface area contributed by atoms with Gasteiger partial charge < -0.3 is 10.6 Å². The van der Waals surface area contributed by atoms with Crippen molar-refractivity contribution in [2.75, 3.05) is 18.1 Å². The summed E-state index contributed by atoms with van der Waals surface area (Å²) in [6, 6.07) is 9.95. The van der Waals surface area contributed by atoms with E-state index in [1.54, 1.807) is 11.8 Å². The van der Waals surface area contributed by atoms with E-state index in [9.17, 15) is 9.59 Å². The lowest BCUT2D eigenvalue weighted by molar-refractivity contribution is -0.127.